The Labute approximate surface area is 103 Å². The van der Waals surface area contributed by atoms with E-state index in [-0.39, 0.29) is 6.42 Å². The summed E-state index contributed by atoms with van der Waals surface area (Å²) >= 11 is 0. The summed E-state index contributed by atoms with van der Waals surface area (Å²) in [6.45, 7) is 3.61. The molecule has 4 nitrogen and oxygen atoms in total. The number of hydrogen-bond acceptors (Lipinski definition) is 3. The zero-order valence-corrected chi connectivity index (χ0v) is 10.7. The molecule has 2 rings (SSSR count). The topological polar surface area (TPSA) is 49.8 Å². The largest absolute Gasteiger partial charge is 0.481 e. The lowest BCUT2D eigenvalue weighted by Gasteiger charge is -2.29. The number of nitrogens with zero attached hydrogens (tertiary/aromatic N) is 1. The van der Waals surface area contributed by atoms with Crippen LogP contribution in [0.1, 0.15) is 32.1 Å². The van der Waals surface area contributed by atoms with Gasteiger partial charge in [-0.2, -0.15) is 0 Å². The second-order valence-corrected chi connectivity index (χ2v) is 5.60. The van der Waals surface area contributed by atoms with E-state index < -0.39 is 5.97 Å². The van der Waals surface area contributed by atoms with Crippen LogP contribution in [0.15, 0.2) is 0 Å². The van der Waals surface area contributed by atoms with E-state index in [9.17, 15) is 4.79 Å². The molecule has 1 spiro atoms. The van der Waals surface area contributed by atoms with E-state index in [1.807, 2.05) is 0 Å². The number of carbonyl (C=O) groups is 1. The van der Waals surface area contributed by atoms with Crippen LogP contribution < -0.4 is 0 Å². The van der Waals surface area contributed by atoms with Gasteiger partial charge >= 0.3 is 5.97 Å². The first-order chi connectivity index (χ1) is 8.16. The van der Waals surface area contributed by atoms with Crippen molar-refractivity contribution in [3.05, 3.63) is 0 Å². The summed E-state index contributed by atoms with van der Waals surface area (Å²) in [6, 6.07) is 0. The Balaban J connectivity index is 1.94. The van der Waals surface area contributed by atoms with Crippen molar-refractivity contribution < 1.29 is 14.6 Å². The predicted octanol–water partition coefficient (Wildman–Crippen LogP) is 1.60. The number of aliphatic carboxylic acids is 1. The van der Waals surface area contributed by atoms with Gasteiger partial charge in [0.2, 0.25) is 0 Å². The number of hydrogen-bond donors (Lipinski definition) is 1. The molecule has 0 bridgehead atoms. The Morgan fingerprint density at radius 2 is 2.18 bits per heavy atom. The molecule has 1 saturated carbocycles. The highest BCUT2D eigenvalue weighted by atomic mass is 16.5. The molecular weight excluding hydrogens is 218 g/mol. The van der Waals surface area contributed by atoms with Crippen LogP contribution >= 0.6 is 0 Å². The molecule has 17 heavy (non-hydrogen) atoms. The Kier molecular flexibility index (Phi) is 4.05. The van der Waals surface area contributed by atoms with Crippen molar-refractivity contribution in [3.8, 4) is 0 Å². The summed E-state index contributed by atoms with van der Waals surface area (Å²) in [7, 11) is 1.77. The van der Waals surface area contributed by atoms with Crippen LogP contribution in [0, 0.1) is 11.3 Å². The maximum absolute atomic E-state index is 10.6. The van der Waals surface area contributed by atoms with Crippen molar-refractivity contribution in [2.45, 2.75) is 32.1 Å². The van der Waals surface area contributed by atoms with Gasteiger partial charge in [0.1, 0.15) is 0 Å². The molecule has 1 atom stereocenters. The van der Waals surface area contributed by atoms with Crippen molar-refractivity contribution >= 4 is 5.97 Å². The zero-order chi connectivity index (χ0) is 12.3. The maximum Gasteiger partial charge on any atom is 0.304 e. The van der Waals surface area contributed by atoms with Gasteiger partial charge in [0, 0.05) is 32.7 Å². The SMILES string of the molecule is COC[C@H]1CN(CCC(=O)O)CC12CCCC2. The van der Waals surface area contributed by atoms with Gasteiger partial charge in [-0.1, -0.05) is 12.8 Å². The van der Waals surface area contributed by atoms with E-state index in [1.165, 1.54) is 25.7 Å². The van der Waals surface area contributed by atoms with Gasteiger partial charge in [0.25, 0.3) is 0 Å². The highest BCUT2D eigenvalue weighted by Gasteiger charge is 2.47. The molecular formula is C13H23NO3. The first kappa shape index (κ1) is 12.8. The average Bonchev–Trinajstić information content (AvgIpc) is 2.87. The lowest BCUT2D eigenvalue weighted by atomic mass is 9.77. The third-order valence-electron chi connectivity index (χ3n) is 4.49. The van der Waals surface area contributed by atoms with Crippen LogP contribution in [0.3, 0.4) is 0 Å². The molecule has 0 aromatic heterocycles. The molecule has 4 heteroatoms. The predicted molar refractivity (Wildman–Crippen MR) is 65.0 cm³/mol. The van der Waals surface area contributed by atoms with Crippen molar-refractivity contribution in [1.82, 2.24) is 4.90 Å². The molecule has 0 amide bonds. The van der Waals surface area contributed by atoms with Crippen molar-refractivity contribution in [3.63, 3.8) is 0 Å². The summed E-state index contributed by atoms with van der Waals surface area (Å²) in [4.78, 5) is 12.9. The van der Waals surface area contributed by atoms with E-state index in [2.05, 4.69) is 4.90 Å². The number of ether oxygens (including phenoxy) is 1. The molecule has 2 aliphatic rings. The van der Waals surface area contributed by atoms with Crippen molar-refractivity contribution in [1.29, 1.82) is 0 Å². The lowest BCUT2D eigenvalue weighted by molar-refractivity contribution is -0.137. The fourth-order valence-electron chi connectivity index (χ4n) is 3.64. The average molecular weight is 241 g/mol. The van der Waals surface area contributed by atoms with Gasteiger partial charge in [-0.3, -0.25) is 4.79 Å². The van der Waals surface area contributed by atoms with Gasteiger partial charge in [-0.25, -0.2) is 0 Å². The number of rotatable bonds is 5. The lowest BCUT2D eigenvalue weighted by Crippen LogP contribution is -2.30. The van der Waals surface area contributed by atoms with E-state index in [0.29, 0.717) is 17.9 Å². The van der Waals surface area contributed by atoms with Crippen LogP contribution in [-0.4, -0.2) is 49.3 Å². The number of likely N-dealkylation sites (tertiary alicyclic amines) is 1. The van der Waals surface area contributed by atoms with Crippen LogP contribution in [0.2, 0.25) is 0 Å². The molecule has 0 aromatic rings. The summed E-state index contributed by atoms with van der Waals surface area (Å²) in [5, 5.41) is 8.75. The highest BCUT2D eigenvalue weighted by molar-refractivity contribution is 5.66. The summed E-state index contributed by atoms with van der Waals surface area (Å²) in [5.74, 6) is -0.0931. The smallest absolute Gasteiger partial charge is 0.304 e. The molecule has 1 aliphatic heterocycles. The van der Waals surface area contributed by atoms with Gasteiger partial charge in [-0.15, -0.1) is 0 Å². The standard InChI is InChI=1S/C13H23NO3/c1-17-9-11-8-14(7-4-12(15)16)10-13(11)5-2-3-6-13/h11H,2-10H2,1H3,(H,15,16)/t11-/m1/s1. The highest BCUT2D eigenvalue weighted by Crippen LogP contribution is 2.49. The van der Waals surface area contributed by atoms with Gasteiger partial charge in [-0.05, 0) is 18.3 Å². The maximum atomic E-state index is 10.6. The third-order valence-corrected chi connectivity index (χ3v) is 4.49. The Bertz CT molecular complexity index is 274. The van der Waals surface area contributed by atoms with Gasteiger partial charge in [0.05, 0.1) is 13.0 Å². The first-order valence-electron chi connectivity index (χ1n) is 6.59. The van der Waals surface area contributed by atoms with Crippen LogP contribution in [0.4, 0.5) is 0 Å². The normalized spacial score (nSPS) is 27.9. The number of carboxylic acids is 1. The molecule has 0 unspecified atom stereocenters. The Morgan fingerprint density at radius 1 is 1.47 bits per heavy atom. The Hall–Kier alpha value is -0.610. The van der Waals surface area contributed by atoms with E-state index in [0.717, 1.165) is 19.7 Å². The molecule has 1 aliphatic carbocycles. The fourth-order valence-corrected chi connectivity index (χ4v) is 3.64. The molecule has 1 saturated heterocycles. The third kappa shape index (κ3) is 2.80. The quantitative estimate of drug-likeness (QED) is 0.794. The number of carboxylic acid groups (broad SMARTS) is 1. The minimum absolute atomic E-state index is 0.260. The van der Waals surface area contributed by atoms with Gasteiger partial charge in [0.15, 0.2) is 0 Å². The number of methoxy groups -OCH3 is 1. The molecule has 0 aromatic carbocycles. The van der Waals surface area contributed by atoms with E-state index >= 15 is 0 Å². The van der Waals surface area contributed by atoms with Crippen molar-refractivity contribution in [2.24, 2.45) is 11.3 Å². The monoisotopic (exact) mass is 241 g/mol. The van der Waals surface area contributed by atoms with Crippen molar-refractivity contribution in [2.75, 3.05) is 33.4 Å². The summed E-state index contributed by atoms with van der Waals surface area (Å²) in [6.07, 6.45) is 5.50. The minimum atomic E-state index is -0.694. The van der Waals surface area contributed by atoms with Crippen LogP contribution in [-0.2, 0) is 9.53 Å². The molecule has 1 N–H and O–H groups in total. The fraction of sp³-hybridized carbons (Fsp3) is 0.923. The van der Waals surface area contributed by atoms with E-state index in [4.69, 9.17) is 9.84 Å². The van der Waals surface area contributed by atoms with Crippen LogP contribution in [0.25, 0.3) is 0 Å². The summed E-state index contributed by atoms with van der Waals surface area (Å²) < 4.78 is 5.34. The molecule has 0 radical (unpaired) electrons. The summed E-state index contributed by atoms with van der Waals surface area (Å²) in [5.41, 5.74) is 0.425. The molecule has 1 heterocycles. The minimum Gasteiger partial charge on any atom is -0.481 e. The van der Waals surface area contributed by atoms with Crippen LogP contribution in [0.5, 0.6) is 0 Å². The second kappa shape index (κ2) is 5.36. The Morgan fingerprint density at radius 3 is 2.76 bits per heavy atom. The second-order valence-electron chi connectivity index (χ2n) is 5.60. The van der Waals surface area contributed by atoms with Gasteiger partial charge < -0.3 is 14.7 Å². The zero-order valence-electron chi connectivity index (χ0n) is 10.7. The first-order valence-corrected chi connectivity index (χ1v) is 6.59. The van der Waals surface area contributed by atoms with E-state index in [1.54, 1.807) is 7.11 Å². The molecule has 98 valence electrons. The molecule has 2 fully saturated rings.